The van der Waals surface area contributed by atoms with Gasteiger partial charge in [-0.2, -0.15) is 0 Å². The summed E-state index contributed by atoms with van der Waals surface area (Å²) in [7, 11) is 1.94. The van der Waals surface area contributed by atoms with Crippen LogP contribution in [0, 0.1) is 5.92 Å². The Hall–Kier alpha value is 0.0249. The Morgan fingerprint density at radius 2 is 2.22 bits per heavy atom. The Labute approximate surface area is 58.1 Å². The van der Waals surface area contributed by atoms with Gasteiger partial charge in [-0.3, -0.25) is 0 Å². The Bertz CT molecular complexity index is 101. The van der Waals surface area contributed by atoms with E-state index in [9.17, 15) is 0 Å². The van der Waals surface area contributed by atoms with Crippen molar-refractivity contribution in [2.24, 2.45) is 5.92 Å². The lowest BCUT2D eigenvalue weighted by molar-refractivity contribution is 0.0708. The highest BCUT2D eigenvalue weighted by Gasteiger charge is 2.26. The van der Waals surface area contributed by atoms with Gasteiger partial charge in [0.25, 0.3) is 7.48 Å². The van der Waals surface area contributed by atoms with Crippen molar-refractivity contribution in [1.29, 1.82) is 0 Å². The summed E-state index contributed by atoms with van der Waals surface area (Å²) >= 11 is 0. The molecule has 0 aromatic heterocycles. The molecule has 0 amide bonds. The molecule has 0 aromatic carbocycles. The molecule has 0 spiro atoms. The van der Waals surface area contributed by atoms with E-state index in [1.165, 1.54) is 6.42 Å². The normalized spacial score (nSPS) is 33.4. The minimum Gasteiger partial charge on any atom is -0.436 e. The fourth-order valence-corrected chi connectivity index (χ4v) is 1.41. The van der Waals surface area contributed by atoms with Crippen molar-refractivity contribution < 1.29 is 4.65 Å². The molecule has 0 bridgehead atoms. The van der Waals surface area contributed by atoms with Gasteiger partial charge in [0.15, 0.2) is 0 Å². The zero-order valence-corrected chi connectivity index (χ0v) is 6.48. The molecule has 51 valence electrons. The van der Waals surface area contributed by atoms with E-state index in [0.717, 1.165) is 12.2 Å². The number of hydrogen-bond acceptors (Lipinski definition) is 1. The summed E-state index contributed by atoms with van der Waals surface area (Å²) in [6, 6.07) is 0. The van der Waals surface area contributed by atoms with Gasteiger partial charge in [0, 0.05) is 5.60 Å². The molecule has 9 heavy (non-hydrogen) atoms. The van der Waals surface area contributed by atoms with E-state index < -0.39 is 0 Å². The first-order valence-electron chi connectivity index (χ1n) is 3.60. The van der Waals surface area contributed by atoms with Crippen LogP contribution in [0.2, 0.25) is 6.32 Å². The quantitative estimate of drug-likeness (QED) is 0.449. The van der Waals surface area contributed by atoms with Gasteiger partial charge in [0.1, 0.15) is 0 Å². The molecule has 1 aliphatic rings. The lowest BCUT2D eigenvalue weighted by atomic mass is 9.75. The predicted octanol–water partition coefficient (Wildman–Crippen LogP) is 1.86. The lowest BCUT2D eigenvalue weighted by Gasteiger charge is -2.33. The predicted molar refractivity (Wildman–Crippen MR) is 39.5 cm³/mol. The molecule has 2 heteroatoms. The molecule has 1 radical (unpaired) electrons. The first-order chi connectivity index (χ1) is 4.10. The van der Waals surface area contributed by atoms with Crippen molar-refractivity contribution in [3.63, 3.8) is 0 Å². The second kappa shape index (κ2) is 2.33. The molecular weight excluding hydrogens is 111 g/mol. The van der Waals surface area contributed by atoms with E-state index in [4.69, 9.17) is 4.65 Å². The summed E-state index contributed by atoms with van der Waals surface area (Å²) in [5.41, 5.74) is 0.0949. The second-order valence-corrected chi connectivity index (χ2v) is 3.59. The maximum absolute atomic E-state index is 5.41. The molecule has 0 N–H and O–H groups in total. The average Bonchev–Trinajstić information content (AvgIpc) is 1.60. The van der Waals surface area contributed by atoms with Crippen molar-refractivity contribution in [2.45, 2.75) is 39.1 Å². The van der Waals surface area contributed by atoms with Crippen LogP contribution in [-0.4, -0.2) is 13.1 Å². The van der Waals surface area contributed by atoms with Crippen LogP contribution in [0.15, 0.2) is 0 Å². The zero-order chi connectivity index (χ0) is 6.91. The van der Waals surface area contributed by atoms with Gasteiger partial charge < -0.3 is 4.65 Å². The number of rotatable bonds is 0. The number of hydrogen-bond donors (Lipinski definition) is 0. The van der Waals surface area contributed by atoms with E-state index in [1.807, 2.05) is 7.48 Å². The minimum absolute atomic E-state index is 0.0949. The first-order valence-corrected chi connectivity index (χ1v) is 3.60. The Morgan fingerprint density at radius 3 is 2.56 bits per heavy atom. The molecule has 1 atom stereocenters. The molecule has 0 aromatic rings. The summed E-state index contributed by atoms with van der Waals surface area (Å²) in [6.07, 6.45) is 2.30. The van der Waals surface area contributed by atoms with E-state index in [1.54, 1.807) is 0 Å². The van der Waals surface area contributed by atoms with E-state index in [0.29, 0.717) is 0 Å². The summed E-state index contributed by atoms with van der Waals surface area (Å²) in [6.45, 7) is 6.54. The van der Waals surface area contributed by atoms with Gasteiger partial charge in [-0.25, -0.2) is 0 Å². The Kier molecular flexibility index (Phi) is 1.85. The molecule has 1 fully saturated rings. The molecule has 1 aliphatic heterocycles. The van der Waals surface area contributed by atoms with E-state index >= 15 is 0 Å². The summed E-state index contributed by atoms with van der Waals surface area (Å²) < 4.78 is 5.41. The second-order valence-electron chi connectivity index (χ2n) is 3.59. The Morgan fingerprint density at radius 1 is 1.56 bits per heavy atom. The highest BCUT2D eigenvalue weighted by molar-refractivity contribution is 6.27. The smallest absolute Gasteiger partial charge is 0.293 e. The molecule has 0 saturated carbocycles. The van der Waals surface area contributed by atoms with E-state index in [-0.39, 0.29) is 5.60 Å². The standard InChI is InChI=1S/C7H14BO/c1-6-4-7(2,3)9-8-5-6/h6H,4-5H2,1-3H3. The van der Waals surface area contributed by atoms with Crippen molar-refractivity contribution in [3.05, 3.63) is 0 Å². The minimum atomic E-state index is 0.0949. The SMILES string of the molecule is CC1C[B]OC(C)(C)C1. The van der Waals surface area contributed by atoms with Crippen LogP contribution in [0.1, 0.15) is 27.2 Å². The third-order valence-corrected chi connectivity index (χ3v) is 1.74. The monoisotopic (exact) mass is 125 g/mol. The molecule has 1 heterocycles. The molecule has 0 aliphatic carbocycles. The van der Waals surface area contributed by atoms with Crippen LogP contribution < -0.4 is 0 Å². The average molecular weight is 125 g/mol. The first kappa shape index (κ1) is 7.14. The van der Waals surface area contributed by atoms with Crippen LogP contribution in [-0.2, 0) is 4.65 Å². The van der Waals surface area contributed by atoms with Crippen LogP contribution in [0.4, 0.5) is 0 Å². The van der Waals surface area contributed by atoms with Crippen LogP contribution in [0.3, 0.4) is 0 Å². The third-order valence-electron chi connectivity index (χ3n) is 1.74. The highest BCUT2D eigenvalue weighted by atomic mass is 16.5. The van der Waals surface area contributed by atoms with Crippen molar-refractivity contribution in [3.8, 4) is 0 Å². The fourth-order valence-electron chi connectivity index (χ4n) is 1.41. The van der Waals surface area contributed by atoms with Crippen molar-refractivity contribution in [2.75, 3.05) is 0 Å². The topological polar surface area (TPSA) is 9.23 Å². The zero-order valence-electron chi connectivity index (χ0n) is 6.48. The lowest BCUT2D eigenvalue weighted by Crippen LogP contribution is -2.34. The molecule has 1 unspecified atom stereocenters. The van der Waals surface area contributed by atoms with Gasteiger partial charge in [-0.15, -0.1) is 0 Å². The molecule has 1 saturated heterocycles. The summed E-state index contributed by atoms with van der Waals surface area (Å²) in [5, 5.41) is 0. The highest BCUT2D eigenvalue weighted by Crippen LogP contribution is 2.27. The maximum Gasteiger partial charge on any atom is 0.293 e. The fraction of sp³-hybridized carbons (Fsp3) is 1.00. The van der Waals surface area contributed by atoms with Crippen LogP contribution in [0.25, 0.3) is 0 Å². The largest absolute Gasteiger partial charge is 0.436 e. The molecule has 1 nitrogen and oxygen atoms in total. The Balaban J connectivity index is 2.41. The maximum atomic E-state index is 5.41. The van der Waals surface area contributed by atoms with Crippen LogP contribution >= 0.6 is 0 Å². The van der Waals surface area contributed by atoms with Gasteiger partial charge in [0.2, 0.25) is 0 Å². The molecular formula is C7H14BO. The van der Waals surface area contributed by atoms with E-state index in [2.05, 4.69) is 20.8 Å². The van der Waals surface area contributed by atoms with Crippen LogP contribution in [0.5, 0.6) is 0 Å². The summed E-state index contributed by atoms with van der Waals surface area (Å²) in [4.78, 5) is 0. The van der Waals surface area contributed by atoms with Crippen molar-refractivity contribution in [1.82, 2.24) is 0 Å². The van der Waals surface area contributed by atoms with Crippen molar-refractivity contribution >= 4 is 7.48 Å². The van der Waals surface area contributed by atoms with Gasteiger partial charge in [0.05, 0.1) is 0 Å². The van der Waals surface area contributed by atoms with Gasteiger partial charge in [-0.05, 0) is 32.5 Å². The van der Waals surface area contributed by atoms with Gasteiger partial charge >= 0.3 is 0 Å². The van der Waals surface area contributed by atoms with Gasteiger partial charge in [-0.1, -0.05) is 6.92 Å². The third kappa shape index (κ3) is 2.01. The summed E-state index contributed by atoms with van der Waals surface area (Å²) in [5.74, 6) is 0.800. The molecule has 1 rings (SSSR count).